The Labute approximate surface area is 156 Å². The molecule has 0 radical (unpaired) electrons. The lowest BCUT2D eigenvalue weighted by molar-refractivity contribution is -0.136. The number of hydrogen-bond donors (Lipinski definition) is 2. The first-order chi connectivity index (χ1) is 12.4. The first-order valence-corrected chi connectivity index (χ1v) is 10.2. The standard InChI is InChI=1S/C20H24N2O3S/c1-14(2)16-11-7-8-12-17(16)21-19(23)20(24)22-18(13-26(3)25)15-9-5-4-6-10-15/h4-12,14,18H,13H2,1-3H3,(H,21,23)(H,22,24)/t18-,26+/m0/s1. The quantitative estimate of drug-likeness (QED) is 0.766. The molecule has 0 aliphatic rings. The molecule has 2 atom stereocenters. The molecular weight excluding hydrogens is 348 g/mol. The van der Waals surface area contributed by atoms with E-state index in [1.807, 2.05) is 62.4 Å². The Morgan fingerprint density at radius 1 is 0.962 bits per heavy atom. The van der Waals surface area contributed by atoms with Crippen molar-refractivity contribution in [2.45, 2.75) is 25.8 Å². The van der Waals surface area contributed by atoms with E-state index in [0.29, 0.717) is 5.69 Å². The zero-order chi connectivity index (χ0) is 19.1. The monoisotopic (exact) mass is 372 g/mol. The van der Waals surface area contributed by atoms with Crippen molar-refractivity contribution in [3.8, 4) is 0 Å². The third kappa shape index (κ3) is 5.52. The fourth-order valence-electron chi connectivity index (χ4n) is 2.66. The third-order valence-corrected chi connectivity index (χ3v) is 4.75. The van der Waals surface area contributed by atoms with Gasteiger partial charge < -0.3 is 10.6 Å². The molecule has 0 fully saturated rings. The first kappa shape index (κ1) is 19.8. The van der Waals surface area contributed by atoms with Crippen LogP contribution in [0.5, 0.6) is 0 Å². The second-order valence-electron chi connectivity index (χ2n) is 6.37. The summed E-state index contributed by atoms with van der Waals surface area (Å²) in [6.07, 6.45) is 1.57. The van der Waals surface area contributed by atoms with E-state index in [1.165, 1.54) is 0 Å². The van der Waals surface area contributed by atoms with Crippen LogP contribution in [0.2, 0.25) is 0 Å². The minimum atomic E-state index is -1.12. The molecule has 2 aromatic carbocycles. The lowest BCUT2D eigenvalue weighted by Gasteiger charge is -2.18. The minimum absolute atomic E-state index is 0.217. The summed E-state index contributed by atoms with van der Waals surface area (Å²) in [5, 5.41) is 5.36. The molecule has 0 saturated carbocycles. The van der Waals surface area contributed by atoms with Gasteiger partial charge in [0.25, 0.3) is 0 Å². The van der Waals surface area contributed by atoms with Gasteiger partial charge in [-0.1, -0.05) is 62.4 Å². The van der Waals surface area contributed by atoms with Crippen molar-refractivity contribution in [2.24, 2.45) is 0 Å². The van der Waals surface area contributed by atoms with Crippen molar-refractivity contribution < 1.29 is 13.8 Å². The number of carbonyl (C=O) groups is 2. The molecule has 6 heteroatoms. The highest BCUT2D eigenvalue weighted by molar-refractivity contribution is 7.84. The average molecular weight is 372 g/mol. The number of nitrogens with one attached hydrogen (secondary N) is 2. The van der Waals surface area contributed by atoms with Gasteiger partial charge in [-0.3, -0.25) is 13.8 Å². The van der Waals surface area contributed by atoms with Crippen LogP contribution < -0.4 is 10.6 Å². The predicted molar refractivity (Wildman–Crippen MR) is 105 cm³/mol. The Kier molecular flexibility index (Phi) is 7.09. The molecule has 26 heavy (non-hydrogen) atoms. The number of anilines is 1. The number of hydrogen-bond acceptors (Lipinski definition) is 3. The van der Waals surface area contributed by atoms with Gasteiger partial charge in [0.05, 0.1) is 6.04 Å². The van der Waals surface area contributed by atoms with Crippen LogP contribution in [0.3, 0.4) is 0 Å². The summed E-state index contributed by atoms with van der Waals surface area (Å²) in [4.78, 5) is 24.7. The number of amides is 2. The van der Waals surface area contributed by atoms with Crippen molar-refractivity contribution in [2.75, 3.05) is 17.3 Å². The molecule has 2 rings (SSSR count). The second kappa shape index (κ2) is 9.29. The molecule has 0 aliphatic heterocycles. The highest BCUT2D eigenvalue weighted by Gasteiger charge is 2.22. The summed E-state index contributed by atoms with van der Waals surface area (Å²) in [6.45, 7) is 4.04. The summed E-state index contributed by atoms with van der Waals surface area (Å²) in [5.41, 5.74) is 2.40. The summed E-state index contributed by atoms with van der Waals surface area (Å²) < 4.78 is 11.6. The van der Waals surface area contributed by atoms with E-state index in [4.69, 9.17) is 0 Å². The SMILES string of the molecule is CC(C)c1ccccc1NC(=O)C(=O)N[C@@H](C[S@@](C)=O)c1ccccc1. The maximum absolute atomic E-state index is 12.4. The first-order valence-electron chi connectivity index (χ1n) is 8.44. The molecule has 0 aromatic heterocycles. The van der Waals surface area contributed by atoms with E-state index in [0.717, 1.165) is 11.1 Å². The normalized spacial score (nSPS) is 13.1. The zero-order valence-corrected chi connectivity index (χ0v) is 16.0. The van der Waals surface area contributed by atoms with Crippen LogP contribution >= 0.6 is 0 Å². The smallest absolute Gasteiger partial charge is 0.313 e. The summed E-state index contributed by atoms with van der Waals surface area (Å²) >= 11 is 0. The molecule has 138 valence electrons. The van der Waals surface area contributed by atoms with E-state index in [-0.39, 0.29) is 11.7 Å². The van der Waals surface area contributed by atoms with Crippen LogP contribution in [-0.4, -0.2) is 28.0 Å². The summed E-state index contributed by atoms with van der Waals surface area (Å²) in [5.74, 6) is -1.02. The number of para-hydroxylation sites is 1. The van der Waals surface area contributed by atoms with Gasteiger partial charge in [-0.15, -0.1) is 0 Å². The maximum atomic E-state index is 12.4. The van der Waals surface area contributed by atoms with E-state index >= 15 is 0 Å². The van der Waals surface area contributed by atoms with Crippen LogP contribution in [0.25, 0.3) is 0 Å². The lowest BCUT2D eigenvalue weighted by Crippen LogP contribution is -2.39. The molecule has 0 aliphatic carbocycles. The molecule has 2 N–H and O–H groups in total. The molecular formula is C20H24N2O3S. The zero-order valence-electron chi connectivity index (χ0n) is 15.2. The molecule has 0 spiro atoms. The Hall–Kier alpha value is -2.47. The van der Waals surface area contributed by atoms with Gasteiger partial charge in [-0.2, -0.15) is 0 Å². The van der Waals surface area contributed by atoms with E-state index < -0.39 is 28.7 Å². The van der Waals surface area contributed by atoms with Crippen molar-refractivity contribution in [3.05, 3.63) is 65.7 Å². The number of rotatable bonds is 6. The highest BCUT2D eigenvalue weighted by Crippen LogP contribution is 2.23. The van der Waals surface area contributed by atoms with Crippen LogP contribution in [0.1, 0.15) is 36.9 Å². The van der Waals surface area contributed by atoms with Crippen molar-refractivity contribution >= 4 is 28.3 Å². The summed E-state index contributed by atoms with van der Waals surface area (Å²) in [7, 11) is -1.12. The molecule has 2 aromatic rings. The Morgan fingerprint density at radius 3 is 2.19 bits per heavy atom. The topological polar surface area (TPSA) is 75.3 Å². The van der Waals surface area contributed by atoms with Crippen LogP contribution in [-0.2, 0) is 20.4 Å². The van der Waals surface area contributed by atoms with E-state index in [9.17, 15) is 13.8 Å². The maximum Gasteiger partial charge on any atom is 0.313 e. The van der Waals surface area contributed by atoms with Gasteiger partial charge in [-0.25, -0.2) is 0 Å². The van der Waals surface area contributed by atoms with Gasteiger partial charge in [-0.05, 0) is 23.1 Å². The second-order valence-corrected chi connectivity index (χ2v) is 7.85. The van der Waals surface area contributed by atoms with Gasteiger partial charge in [0.1, 0.15) is 0 Å². The van der Waals surface area contributed by atoms with Gasteiger partial charge in [0.2, 0.25) is 0 Å². The molecule has 0 heterocycles. The van der Waals surface area contributed by atoms with Crippen LogP contribution in [0.15, 0.2) is 54.6 Å². The largest absolute Gasteiger partial charge is 0.340 e. The van der Waals surface area contributed by atoms with Crippen molar-refractivity contribution in [3.63, 3.8) is 0 Å². The predicted octanol–water partition coefficient (Wildman–Crippen LogP) is 2.98. The van der Waals surface area contributed by atoms with Crippen LogP contribution in [0, 0.1) is 0 Å². The van der Waals surface area contributed by atoms with Gasteiger partial charge in [0.15, 0.2) is 0 Å². The Bertz CT molecular complexity index is 791. The van der Waals surface area contributed by atoms with Crippen LogP contribution in [0.4, 0.5) is 5.69 Å². The lowest BCUT2D eigenvalue weighted by atomic mass is 10.0. The fraction of sp³-hybridized carbons (Fsp3) is 0.300. The highest BCUT2D eigenvalue weighted by atomic mass is 32.2. The third-order valence-electron chi connectivity index (χ3n) is 3.95. The Morgan fingerprint density at radius 2 is 1.58 bits per heavy atom. The average Bonchev–Trinajstić information content (AvgIpc) is 2.61. The molecule has 0 bridgehead atoms. The fourth-order valence-corrected chi connectivity index (χ4v) is 3.40. The van der Waals surface area contributed by atoms with Gasteiger partial charge in [0, 0.05) is 28.5 Å². The summed E-state index contributed by atoms with van der Waals surface area (Å²) in [6, 6.07) is 16.1. The van der Waals surface area contributed by atoms with E-state index in [2.05, 4.69) is 10.6 Å². The van der Waals surface area contributed by atoms with Crippen molar-refractivity contribution in [1.82, 2.24) is 5.32 Å². The minimum Gasteiger partial charge on any atom is -0.340 e. The number of carbonyl (C=O) groups excluding carboxylic acids is 2. The molecule has 0 saturated heterocycles. The van der Waals surface area contributed by atoms with E-state index in [1.54, 1.807) is 12.3 Å². The number of benzene rings is 2. The molecule has 0 unspecified atom stereocenters. The molecule has 2 amide bonds. The Balaban J connectivity index is 2.12. The van der Waals surface area contributed by atoms with Gasteiger partial charge >= 0.3 is 11.8 Å². The molecule has 5 nitrogen and oxygen atoms in total. The van der Waals surface area contributed by atoms with Crippen molar-refractivity contribution in [1.29, 1.82) is 0 Å².